The van der Waals surface area contributed by atoms with Gasteiger partial charge in [-0.2, -0.15) is 0 Å². The van der Waals surface area contributed by atoms with E-state index in [4.69, 9.17) is 11.6 Å². The summed E-state index contributed by atoms with van der Waals surface area (Å²) < 4.78 is 0. The quantitative estimate of drug-likeness (QED) is 0.456. The summed E-state index contributed by atoms with van der Waals surface area (Å²) in [6.45, 7) is 8.33. The summed E-state index contributed by atoms with van der Waals surface area (Å²) >= 11 is 6.05. The minimum atomic E-state index is 0. The van der Waals surface area contributed by atoms with Gasteiger partial charge in [0, 0.05) is 47.0 Å². The lowest BCUT2D eigenvalue weighted by Crippen LogP contribution is -2.57. The molecule has 3 N–H and O–H groups in total. The molecule has 1 saturated heterocycles. The van der Waals surface area contributed by atoms with Gasteiger partial charge in [-0.1, -0.05) is 23.7 Å². The molecule has 4 rings (SSSR count). The number of benzene rings is 2. The number of phenols is 1. The monoisotopic (exact) mass is 474 g/mol. The summed E-state index contributed by atoms with van der Waals surface area (Å²) in [6.07, 6.45) is 4.04. The number of fused-ring (bicyclic) bond motifs is 1. The van der Waals surface area contributed by atoms with Gasteiger partial charge in [0.25, 0.3) is 0 Å². The molecule has 2 atom stereocenters. The van der Waals surface area contributed by atoms with Crippen molar-refractivity contribution in [3.8, 4) is 5.75 Å². The van der Waals surface area contributed by atoms with Gasteiger partial charge in [0.15, 0.2) is 0 Å². The molecule has 172 valence electrons. The van der Waals surface area contributed by atoms with Crippen LogP contribution in [0.2, 0.25) is 5.02 Å². The molecular weight excluding hydrogens is 443 g/mol. The Morgan fingerprint density at radius 1 is 1.12 bits per heavy atom. The van der Waals surface area contributed by atoms with Gasteiger partial charge in [0.2, 0.25) is 0 Å². The molecule has 5 nitrogen and oxygen atoms in total. The van der Waals surface area contributed by atoms with Crippen molar-refractivity contribution in [3.05, 3.63) is 65.3 Å². The molecule has 2 aromatic carbocycles. The maximum absolute atomic E-state index is 10.1. The van der Waals surface area contributed by atoms with Crippen LogP contribution in [0.3, 0.4) is 0 Å². The summed E-state index contributed by atoms with van der Waals surface area (Å²) in [5.74, 6) is 0.261. The fourth-order valence-corrected chi connectivity index (χ4v) is 4.52. The van der Waals surface area contributed by atoms with E-state index in [-0.39, 0.29) is 29.9 Å². The number of piperidine rings is 1. The lowest BCUT2D eigenvalue weighted by atomic mass is 9.96. The molecule has 1 fully saturated rings. The average molecular weight is 475 g/mol. The van der Waals surface area contributed by atoms with Crippen molar-refractivity contribution in [2.45, 2.75) is 57.9 Å². The summed E-state index contributed by atoms with van der Waals surface area (Å²) in [7, 11) is 0. The van der Waals surface area contributed by atoms with E-state index in [1.165, 1.54) is 5.56 Å². The normalized spacial score (nSPS) is 19.1. The minimum absolute atomic E-state index is 0. The van der Waals surface area contributed by atoms with Crippen LogP contribution < -0.4 is 15.5 Å². The molecule has 7 heteroatoms. The number of aromatic hydroxyl groups is 1. The minimum Gasteiger partial charge on any atom is -0.508 e. The van der Waals surface area contributed by atoms with Crippen molar-refractivity contribution in [1.82, 2.24) is 15.6 Å². The van der Waals surface area contributed by atoms with Gasteiger partial charge in [-0.05, 0) is 75.6 Å². The van der Waals surface area contributed by atoms with Crippen LogP contribution in [0.1, 0.15) is 39.2 Å². The van der Waals surface area contributed by atoms with Crippen LogP contribution in [0.25, 0.3) is 10.9 Å². The van der Waals surface area contributed by atoms with Crippen LogP contribution in [-0.2, 0) is 6.54 Å². The number of nitrogens with one attached hydrogen (secondary N) is 2. The predicted molar refractivity (Wildman–Crippen MR) is 136 cm³/mol. The molecule has 0 aliphatic carbocycles. The van der Waals surface area contributed by atoms with Gasteiger partial charge in [-0.25, -0.2) is 0 Å². The van der Waals surface area contributed by atoms with Crippen LogP contribution in [0.4, 0.5) is 5.69 Å². The van der Waals surface area contributed by atoms with Crippen molar-refractivity contribution in [1.29, 1.82) is 0 Å². The van der Waals surface area contributed by atoms with Crippen LogP contribution in [0.15, 0.2) is 54.7 Å². The van der Waals surface area contributed by atoms with Gasteiger partial charge < -0.3 is 15.3 Å². The first kappa shape index (κ1) is 24.6. The maximum Gasteiger partial charge on any atom is 0.116 e. The Kier molecular flexibility index (Phi) is 7.88. The summed E-state index contributed by atoms with van der Waals surface area (Å²) in [5.41, 5.74) is 3.26. The highest BCUT2D eigenvalue weighted by atomic mass is 35.5. The molecular formula is C25H32Cl2N4O. The molecule has 1 aliphatic rings. The first-order valence-corrected chi connectivity index (χ1v) is 11.3. The largest absolute Gasteiger partial charge is 0.508 e. The van der Waals surface area contributed by atoms with Crippen molar-refractivity contribution in [3.63, 3.8) is 0 Å². The molecule has 32 heavy (non-hydrogen) atoms. The molecule has 3 aromatic rings. The number of pyridine rings is 1. The van der Waals surface area contributed by atoms with E-state index in [1.54, 1.807) is 6.07 Å². The van der Waals surface area contributed by atoms with Gasteiger partial charge in [-0.15, -0.1) is 12.4 Å². The molecule has 0 spiro atoms. The molecule has 0 amide bonds. The topological polar surface area (TPSA) is 60.4 Å². The number of hydrogen-bond acceptors (Lipinski definition) is 5. The van der Waals surface area contributed by atoms with Crippen molar-refractivity contribution < 1.29 is 5.11 Å². The maximum atomic E-state index is 10.1. The highest BCUT2D eigenvalue weighted by Gasteiger charge is 2.31. The highest BCUT2D eigenvalue weighted by Crippen LogP contribution is 2.32. The molecule has 1 aliphatic heterocycles. The Balaban J connectivity index is 0.00000289. The Morgan fingerprint density at radius 2 is 1.88 bits per heavy atom. The second-order valence-corrected chi connectivity index (χ2v) is 9.80. The van der Waals surface area contributed by atoms with Gasteiger partial charge in [0.1, 0.15) is 5.75 Å². The fourth-order valence-electron chi connectivity index (χ4n) is 4.40. The molecule has 1 aromatic heterocycles. The van der Waals surface area contributed by atoms with E-state index in [0.29, 0.717) is 6.04 Å². The standard InChI is InChI=1S/C25H31ClN4O.ClH/c1-25(2,3)29-19-11-13-30(23-10-12-27-22-9-8-20(31)15-21(22)23)24(14-19)28-16-17-4-6-18(26)7-5-17;/h4-10,12,15,19,24,28-29,31H,11,13-14,16H2,1-3H3;1H. The van der Waals surface area contributed by atoms with E-state index in [1.807, 2.05) is 30.5 Å². The third-order valence-electron chi connectivity index (χ3n) is 5.71. The number of hydrogen-bond donors (Lipinski definition) is 3. The van der Waals surface area contributed by atoms with Crippen LogP contribution >= 0.6 is 24.0 Å². The third kappa shape index (κ3) is 6.04. The number of halogens is 2. The molecule has 0 bridgehead atoms. The zero-order valence-electron chi connectivity index (χ0n) is 18.8. The van der Waals surface area contributed by atoms with E-state index >= 15 is 0 Å². The molecule has 2 unspecified atom stereocenters. The summed E-state index contributed by atoms with van der Waals surface area (Å²) in [5, 5.41) is 19.3. The number of rotatable bonds is 5. The Bertz CT molecular complexity index is 1040. The Labute approximate surface area is 201 Å². The van der Waals surface area contributed by atoms with E-state index in [9.17, 15) is 5.11 Å². The molecule has 0 radical (unpaired) electrons. The van der Waals surface area contributed by atoms with Crippen molar-refractivity contribution in [2.24, 2.45) is 0 Å². The van der Waals surface area contributed by atoms with Gasteiger partial charge in [0.05, 0.1) is 11.7 Å². The molecule has 0 saturated carbocycles. The molecule has 2 heterocycles. The number of aromatic nitrogens is 1. The highest BCUT2D eigenvalue weighted by molar-refractivity contribution is 6.30. The van der Waals surface area contributed by atoms with Gasteiger partial charge in [-0.3, -0.25) is 10.3 Å². The SMILES string of the molecule is CC(C)(C)NC1CCN(c2ccnc3ccc(O)cc23)C(NCc2ccc(Cl)cc2)C1.Cl. The van der Waals surface area contributed by atoms with Crippen molar-refractivity contribution >= 4 is 40.6 Å². The van der Waals surface area contributed by atoms with Crippen LogP contribution in [-0.4, -0.2) is 34.4 Å². The Hall–Kier alpha value is -2.05. The zero-order chi connectivity index (χ0) is 22.0. The lowest BCUT2D eigenvalue weighted by Gasteiger charge is -2.43. The smallest absolute Gasteiger partial charge is 0.116 e. The summed E-state index contributed by atoms with van der Waals surface area (Å²) in [4.78, 5) is 6.90. The summed E-state index contributed by atoms with van der Waals surface area (Å²) in [6, 6.07) is 15.8. The number of anilines is 1. The number of nitrogens with zero attached hydrogens (tertiary/aromatic N) is 2. The van der Waals surface area contributed by atoms with Crippen LogP contribution in [0, 0.1) is 0 Å². The second-order valence-electron chi connectivity index (χ2n) is 9.36. The zero-order valence-corrected chi connectivity index (χ0v) is 20.4. The van der Waals surface area contributed by atoms with E-state index in [0.717, 1.165) is 47.5 Å². The van der Waals surface area contributed by atoms with Gasteiger partial charge >= 0.3 is 0 Å². The lowest BCUT2D eigenvalue weighted by molar-refractivity contribution is 0.269. The fraction of sp³-hybridized carbons (Fsp3) is 0.400. The second kappa shape index (κ2) is 10.3. The van der Waals surface area contributed by atoms with Crippen molar-refractivity contribution in [2.75, 3.05) is 11.4 Å². The first-order chi connectivity index (χ1) is 14.8. The average Bonchev–Trinajstić information content (AvgIpc) is 2.72. The predicted octanol–water partition coefficient (Wildman–Crippen LogP) is 5.49. The Morgan fingerprint density at radius 3 is 2.59 bits per heavy atom. The third-order valence-corrected chi connectivity index (χ3v) is 5.96. The van der Waals surface area contributed by atoms with E-state index in [2.05, 4.69) is 59.5 Å². The number of phenolic OH excluding ortho intramolecular Hbond substituents is 1. The first-order valence-electron chi connectivity index (χ1n) is 10.9. The van der Waals surface area contributed by atoms with Crippen LogP contribution in [0.5, 0.6) is 5.75 Å². The van der Waals surface area contributed by atoms with E-state index < -0.39 is 0 Å².